The second kappa shape index (κ2) is 8.21. The Morgan fingerprint density at radius 2 is 1.79 bits per heavy atom. The zero-order valence-electron chi connectivity index (χ0n) is 15.2. The van der Waals surface area contributed by atoms with Gasteiger partial charge in [0.15, 0.2) is 0 Å². The van der Waals surface area contributed by atoms with Crippen molar-refractivity contribution in [1.29, 1.82) is 0 Å². The van der Waals surface area contributed by atoms with E-state index in [9.17, 15) is 5.11 Å². The molecule has 1 heterocycles. The number of aliphatic hydroxyl groups excluding tert-OH is 1. The highest BCUT2D eigenvalue weighted by atomic mass is 16.5. The van der Waals surface area contributed by atoms with Crippen LogP contribution in [0, 0.1) is 18.8 Å². The third-order valence-corrected chi connectivity index (χ3v) is 5.92. The highest BCUT2D eigenvalue weighted by Crippen LogP contribution is 2.31. The Morgan fingerprint density at radius 1 is 1.08 bits per heavy atom. The molecule has 1 aromatic carbocycles. The molecule has 0 radical (unpaired) electrons. The maximum atomic E-state index is 9.61. The summed E-state index contributed by atoms with van der Waals surface area (Å²) < 4.78 is 5.46. The number of piperazine rings is 1. The SMILES string of the molecule is COc1cc(N2CCN(C[C@@H]3CCCCC3CO)CC2)ccc1C. The molecule has 1 aliphatic carbocycles. The van der Waals surface area contributed by atoms with Crippen LogP contribution in [-0.4, -0.2) is 56.4 Å². The van der Waals surface area contributed by atoms with Gasteiger partial charge in [-0.3, -0.25) is 4.90 Å². The summed E-state index contributed by atoms with van der Waals surface area (Å²) in [7, 11) is 1.74. The zero-order chi connectivity index (χ0) is 16.9. The van der Waals surface area contributed by atoms with Crippen molar-refractivity contribution in [1.82, 2.24) is 4.90 Å². The largest absolute Gasteiger partial charge is 0.496 e. The van der Waals surface area contributed by atoms with Crippen LogP contribution >= 0.6 is 0 Å². The van der Waals surface area contributed by atoms with Crippen LogP contribution in [-0.2, 0) is 0 Å². The number of benzene rings is 1. The fraction of sp³-hybridized carbons (Fsp3) is 0.700. The second-order valence-electron chi connectivity index (χ2n) is 7.43. The summed E-state index contributed by atoms with van der Waals surface area (Å²) in [5.41, 5.74) is 2.45. The zero-order valence-corrected chi connectivity index (χ0v) is 15.2. The van der Waals surface area contributed by atoms with Gasteiger partial charge >= 0.3 is 0 Å². The normalized spacial score (nSPS) is 25.7. The van der Waals surface area contributed by atoms with Crippen molar-refractivity contribution in [3.05, 3.63) is 23.8 Å². The van der Waals surface area contributed by atoms with Crippen molar-refractivity contribution in [2.24, 2.45) is 11.8 Å². The number of nitrogens with zero attached hydrogens (tertiary/aromatic N) is 2. The summed E-state index contributed by atoms with van der Waals surface area (Å²) in [5, 5.41) is 9.61. The highest BCUT2D eigenvalue weighted by Gasteiger charge is 2.27. The number of rotatable bonds is 5. The van der Waals surface area contributed by atoms with Crippen LogP contribution in [0.5, 0.6) is 5.75 Å². The van der Waals surface area contributed by atoms with Crippen LogP contribution in [0.1, 0.15) is 31.2 Å². The number of aliphatic hydroxyl groups is 1. The van der Waals surface area contributed by atoms with Gasteiger partial charge in [-0.05, 0) is 43.2 Å². The van der Waals surface area contributed by atoms with Gasteiger partial charge in [0.1, 0.15) is 5.75 Å². The molecule has 3 rings (SSSR count). The first-order valence-corrected chi connectivity index (χ1v) is 9.44. The molecule has 1 aromatic rings. The molecule has 0 spiro atoms. The minimum absolute atomic E-state index is 0.369. The lowest BCUT2D eigenvalue weighted by Crippen LogP contribution is -2.48. The van der Waals surface area contributed by atoms with E-state index in [0.29, 0.717) is 18.4 Å². The van der Waals surface area contributed by atoms with E-state index in [1.807, 2.05) is 0 Å². The smallest absolute Gasteiger partial charge is 0.123 e. The Balaban J connectivity index is 1.54. The molecule has 0 amide bonds. The van der Waals surface area contributed by atoms with Crippen LogP contribution in [0.2, 0.25) is 0 Å². The van der Waals surface area contributed by atoms with Gasteiger partial charge in [-0.15, -0.1) is 0 Å². The number of hydrogen-bond acceptors (Lipinski definition) is 4. The monoisotopic (exact) mass is 332 g/mol. The minimum atomic E-state index is 0.369. The molecule has 1 saturated carbocycles. The van der Waals surface area contributed by atoms with Gasteiger partial charge in [0.05, 0.1) is 7.11 Å². The van der Waals surface area contributed by atoms with E-state index in [-0.39, 0.29) is 0 Å². The molecular weight excluding hydrogens is 300 g/mol. The summed E-state index contributed by atoms with van der Waals surface area (Å²) in [4.78, 5) is 5.06. The maximum Gasteiger partial charge on any atom is 0.123 e. The molecule has 0 aromatic heterocycles. The first-order valence-electron chi connectivity index (χ1n) is 9.44. The third kappa shape index (κ3) is 4.04. The molecule has 2 aliphatic rings. The van der Waals surface area contributed by atoms with Gasteiger partial charge in [0.2, 0.25) is 0 Å². The Hall–Kier alpha value is -1.26. The maximum absolute atomic E-state index is 9.61. The molecule has 1 aliphatic heterocycles. The summed E-state index contributed by atoms with van der Waals surface area (Å²) >= 11 is 0. The number of ether oxygens (including phenoxy) is 1. The minimum Gasteiger partial charge on any atom is -0.496 e. The first kappa shape index (κ1) is 17.6. The topological polar surface area (TPSA) is 35.9 Å². The summed E-state index contributed by atoms with van der Waals surface area (Å²) in [6, 6.07) is 6.51. The second-order valence-corrected chi connectivity index (χ2v) is 7.43. The van der Waals surface area contributed by atoms with Crippen molar-refractivity contribution in [3.63, 3.8) is 0 Å². The standard InChI is InChI=1S/C20H32N2O2/c1-16-7-8-19(13-20(16)24-2)22-11-9-21(10-12-22)14-17-5-3-4-6-18(17)15-23/h7-8,13,17-18,23H,3-6,9-12,14-15H2,1-2H3/t17-,18?/m0/s1. The van der Waals surface area contributed by atoms with Crippen molar-refractivity contribution < 1.29 is 9.84 Å². The van der Waals surface area contributed by atoms with Crippen molar-refractivity contribution >= 4 is 5.69 Å². The summed E-state index contributed by atoms with van der Waals surface area (Å²) in [6.07, 6.45) is 5.14. The molecule has 1 unspecified atom stereocenters. The molecule has 0 bridgehead atoms. The Labute approximate surface area is 146 Å². The summed E-state index contributed by atoms with van der Waals surface area (Å²) in [5.74, 6) is 2.19. The molecule has 2 fully saturated rings. The lowest BCUT2D eigenvalue weighted by Gasteiger charge is -2.40. The van der Waals surface area contributed by atoms with Gasteiger partial charge in [0.25, 0.3) is 0 Å². The van der Waals surface area contributed by atoms with E-state index in [4.69, 9.17) is 4.74 Å². The predicted molar refractivity (Wildman–Crippen MR) is 98.9 cm³/mol. The van der Waals surface area contributed by atoms with E-state index < -0.39 is 0 Å². The van der Waals surface area contributed by atoms with Crippen LogP contribution in [0.4, 0.5) is 5.69 Å². The average Bonchev–Trinajstić information content (AvgIpc) is 2.63. The Morgan fingerprint density at radius 3 is 2.46 bits per heavy atom. The van der Waals surface area contributed by atoms with Gasteiger partial charge in [0, 0.05) is 51.1 Å². The fourth-order valence-corrected chi connectivity index (χ4v) is 4.29. The van der Waals surface area contributed by atoms with Crippen molar-refractivity contribution in [2.75, 3.05) is 51.3 Å². The molecule has 1 N–H and O–H groups in total. The average molecular weight is 332 g/mol. The van der Waals surface area contributed by atoms with Crippen molar-refractivity contribution in [2.45, 2.75) is 32.6 Å². The van der Waals surface area contributed by atoms with Gasteiger partial charge in [-0.2, -0.15) is 0 Å². The van der Waals surface area contributed by atoms with Gasteiger partial charge < -0.3 is 14.7 Å². The molecule has 24 heavy (non-hydrogen) atoms. The van der Waals surface area contributed by atoms with E-state index in [1.54, 1.807) is 7.11 Å². The lowest BCUT2D eigenvalue weighted by molar-refractivity contribution is 0.0973. The molecule has 4 heteroatoms. The quantitative estimate of drug-likeness (QED) is 0.899. The Bertz CT molecular complexity index is 526. The highest BCUT2D eigenvalue weighted by molar-refractivity contribution is 5.53. The fourth-order valence-electron chi connectivity index (χ4n) is 4.29. The third-order valence-electron chi connectivity index (χ3n) is 5.92. The number of anilines is 1. The van der Waals surface area contributed by atoms with Gasteiger partial charge in [-0.1, -0.05) is 18.9 Å². The number of aryl methyl sites for hydroxylation is 1. The summed E-state index contributed by atoms with van der Waals surface area (Å²) in [6.45, 7) is 7.99. The van der Waals surface area contributed by atoms with Crippen LogP contribution in [0.15, 0.2) is 18.2 Å². The molecule has 1 saturated heterocycles. The van der Waals surface area contributed by atoms with E-state index in [1.165, 1.54) is 36.9 Å². The predicted octanol–water partition coefficient (Wildman–Crippen LogP) is 2.92. The molecule has 4 nitrogen and oxygen atoms in total. The number of hydrogen-bond donors (Lipinski definition) is 1. The van der Waals surface area contributed by atoms with Crippen molar-refractivity contribution in [3.8, 4) is 5.75 Å². The molecular formula is C20H32N2O2. The van der Waals surface area contributed by atoms with Crippen LogP contribution < -0.4 is 9.64 Å². The molecule has 134 valence electrons. The first-order chi connectivity index (χ1) is 11.7. The number of methoxy groups -OCH3 is 1. The van der Waals surface area contributed by atoms with Gasteiger partial charge in [-0.25, -0.2) is 0 Å². The molecule has 2 atom stereocenters. The van der Waals surface area contributed by atoms with Crippen LogP contribution in [0.3, 0.4) is 0 Å². The lowest BCUT2D eigenvalue weighted by atomic mass is 9.79. The Kier molecular flexibility index (Phi) is 6.01. The van der Waals surface area contributed by atoms with E-state index in [0.717, 1.165) is 38.5 Å². The van der Waals surface area contributed by atoms with Crippen LogP contribution in [0.25, 0.3) is 0 Å². The van der Waals surface area contributed by atoms with E-state index >= 15 is 0 Å². The van der Waals surface area contributed by atoms with E-state index in [2.05, 4.69) is 34.9 Å².